The number of thiazole rings is 1. The number of nitroso groups, excluding NO2 is 1. The van der Waals surface area contributed by atoms with Crippen molar-refractivity contribution in [1.29, 1.82) is 0 Å². The Morgan fingerprint density at radius 1 is 1.41 bits per heavy atom. The molecule has 116 valence electrons. The van der Waals surface area contributed by atoms with Crippen molar-refractivity contribution in [2.45, 2.75) is 26.7 Å². The lowest BCUT2D eigenvalue weighted by Gasteiger charge is -2.08. The zero-order valence-electron chi connectivity index (χ0n) is 12.6. The highest BCUT2D eigenvalue weighted by atomic mass is 32.1. The summed E-state index contributed by atoms with van der Waals surface area (Å²) in [7, 11) is 0. The standard InChI is InChI=1S/C15H18N4O2S/c1-3-4-7-16-11-5-6-12(10(2)8-11)14(20)18-15-17-9-13(19-21)22-15/h5-6,8-9,16H,3-4,7H2,1-2H3,(H,17,18,20)/p+1. The van der Waals surface area contributed by atoms with E-state index in [9.17, 15) is 9.70 Å². The summed E-state index contributed by atoms with van der Waals surface area (Å²) in [5.74, 6) is -0.215. The Balaban J connectivity index is 2.04. The lowest BCUT2D eigenvalue weighted by Crippen LogP contribution is -2.17. The van der Waals surface area contributed by atoms with Gasteiger partial charge < -0.3 is 5.32 Å². The number of rotatable bonds is 7. The molecule has 6 nitrogen and oxygen atoms in total. The monoisotopic (exact) mass is 319 g/mol. The molecule has 0 radical (unpaired) electrons. The average molecular weight is 319 g/mol. The van der Waals surface area contributed by atoms with Crippen molar-refractivity contribution in [3.63, 3.8) is 0 Å². The smallest absolute Gasteiger partial charge is 0.341 e. The number of aromatic nitrogens is 1. The summed E-state index contributed by atoms with van der Waals surface area (Å²) in [4.78, 5) is 25.4. The fraction of sp³-hybridized carbons (Fsp3) is 0.333. The van der Waals surface area contributed by atoms with Gasteiger partial charge in [0.15, 0.2) is 0 Å². The summed E-state index contributed by atoms with van der Waals surface area (Å²) < 4.78 is 0. The SMILES string of the molecule is CCCCNc1ccc(C(=O)Nc2[nH+]cc(N=O)s2)c(C)c1. The molecule has 0 saturated carbocycles. The summed E-state index contributed by atoms with van der Waals surface area (Å²) in [6, 6.07) is 5.65. The number of nitrogens with one attached hydrogen (secondary N) is 3. The van der Waals surface area contributed by atoms with E-state index in [2.05, 4.69) is 27.7 Å². The Labute approximate surface area is 132 Å². The maximum absolute atomic E-state index is 12.3. The van der Waals surface area contributed by atoms with Crippen molar-refractivity contribution in [3.05, 3.63) is 40.4 Å². The minimum absolute atomic E-state index is 0.215. The van der Waals surface area contributed by atoms with Crippen LogP contribution in [0.4, 0.5) is 15.8 Å². The molecule has 0 fully saturated rings. The van der Waals surface area contributed by atoms with Crippen LogP contribution in [0.1, 0.15) is 35.7 Å². The van der Waals surface area contributed by atoms with Crippen LogP contribution in [0.15, 0.2) is 29.6 Å². The van der Waals surface area contributed by atoms with Crippen molar-refractivity contribution in [2.24, 2.45) is 5.18 Å². The van der Waals surface area contributed by atoms with Gasteiger partial charge in [-0.05, 0) is 53.6 Å². The molecule has 0 atom stereocenters. The molecule has 1 heterocycles. The molecule has 2 aromatic rings. The van der Waals surface area contributed by atoms with Gasteiger partial charge in [0.25, 0.3) is 0 Å². The second kappa shape index (κ2) is 7.65. The summed E-state index contributed by atoms with van der Waals surface area (Å²) in [6.45, 7) is 4.97. The number of nitrogens with zero attached hydrogens (tertiary/aromatic N) is 1. The molecule has 0 aliphatic carbocycles. The van der Waals surface area contributed by atoms with E-state index in [1.165, 1.54) is 6.20 Å². The van der Waals surface area contributed by atoms with Crippen LogP contribution in [-0.4, -0.2) is 12.5 Å². The number of H-pyrrole nitrogens is 1. The van der Waals surface area contributed by atoms with E-state index < -0.39 is 0 Å². The molecule has 2 rings (SSSR count). The van der Waals surface area contributed by atoms with Crippen molar-refractivity contribution >= 4 is 33.1 Å². The van der Waals surface area contributed by atoms with Crippen LogP contribution < -0.4 is 15.6 Å². The highest BCUT2D eigenvalue weighted by Gasteiger charge is 2.17. The molecule has 7 heteroatoms. The predicted octanol–water partition coefficient (Wildman–Crippen LogP) is 3.73. The Morgan fingerprint density at radius 2 is 2.23 bits per heavy atom. The molecule has 22 heavy (non-hydrogen) atoms. The molecule has 3 N–H and O–H groups in total. The van der Waals surface area contributed by atoms with E-state index >= 15 is 0 Å². The maximum atomic E-state index is 12.3. The third-order valence-corrected chi connectivity index (χ3v) is 4.01. The van der Waals surface area contributed by atoms with Crippen LogP contribution in [0.5, 0.6) is 0 Å². The Hall–Kier alpha value is -2.28. The maximum Gasteiger partial charge on any atom is 0.341 e. The molecule has 1 aromatic heterocycles. The zero-order chi connectivity index (χ0) is 15.9. The predicted molar refractivity (Wildman–Crippen MR) is 88.9 cm³/mol. The number of unbranched alkanes of at least 4 members (excludes halogenated alkanes) is 1. The number of benzene rings is 1. The van der Waals surface area contributed by atoms with E-state index in [4.69, 9.17) is 0 Å². The van der Waals surface area contributed by atoms with Crippen LogP contribution in [0.25, 0.3) is 0 Å². The van der Waals surface area contributed by atoms with Gasteiger partial charge in [0, 0.05) is 12.2 Å². The number of aryl methyl sites for hydroxylation is 1. The second-order valence-corrected chi connectivity index (χ2v) is 5.94. The normalized spacial score (nSPS) is 10.3. The van der Waals surface area contributed by atoms with E-state index in [1.54, 1.807) is 6.07 Å². The van der Waals surface area contributed by atoms with Gasteiger partial charge in [0.1, 0.15) is 6.20 Å². The van der Waals surface area contributed by atoms with Crippen molar-refractivity contribution in [1.82, 2.24) is 0 Å². The third kappa shape index (κ3) is 4.11. The first-order chi connectivity index (χ1) is 10.6. The lowest BCUT2D eigenvalue weighted by molar-refractivity contribution is -0.353. The number of hydrogen-bond donors (Lipinski definition) is 2. The number of carbonyl (C=O) groups excluding carboxylic acids is 1. The first-order valence-corrected chi connectivity index (χ1v) is 7.96. The van der Waals surface area contributed by atoms with Crippen LogP contribution in [0, 0.1) is 11.8 Å². The minimum atomic E-state index is -0.215. The molecule has 0 bridgehead atoms. The van der Waals surface area contributed by atoms with E-state index in [-0.39, 0.29) is 5.91 Å². The summed E-state index contributed by atoms with van der Waals surface area (Å²) in [6.07, 6.45) is 3.71. The lowest BCUT2D eigenvalue weighted by atomic mass is 10.1. The van der Waals surface area contributed by atoms with Crippen molar-refractivity contribution in [2.75, 3.05) is 17.2 Å². The zero-order valence-corrected chi connectivity index (χ0v) is 13.4. The van der Waals surface area contributed by atoms with Gasteiger partial charge in [0.2, 0.25) is 5.00 Å². The number of aromatic amines is 1. The van der Waals surface area contributed by atoms with Gasteiger partial charge >= 0.3 is 11.0 Å². The molecule has 0 aliphatic rings. The molecular formula is C15H19N4O2S+. The van der Waals surface area contributed by atoms with Gasteiger partial charge in [0.05, 0.1) is 5.56 Å². The first-order valence-electron chi connectivity index (χ1n) is 7.14. The molecule has 0 spiro atoms. The van der Waals surface area contributed by atoms with E-state index in [0.29, 0.717) is 15.7 Å². The molecule has 1 amide bonds. The average Bonchev–Trinajstić information content (AvgIpc) is 2.95. The molecule has 1 aromatic carbocycles. The van der Waals surface area contributed by atoms with E-state index in [0.717, 1.165) is 42.0 Å². The topological polar surface area (TPSA) is 84.7 Å². The Bertz CT molecular complexity index is 669. The Kier molecular flexibility index (Phi) is 5.60. The fourth-order valence-corrected chi connectivity index (χ4v) is 2.63. The van der Waals surface area contributed by atoms with Gasteiger partial charge in [-0.15, -0.1) is 4.91 Å². The molecule has 0 unspecified atom stereocenters. The largest absolute Gasteiger partial charge is 0.385 e. The van der Waals surface area contributed by atoms with Crippen LogP contribution in [0.3, 0.4) is 0 Å². The quantitative estimate of drug-likeness (QED) is 0.602. The van der Waals surface area contributed by atoms with Crippen molar-refractivity contribution < 1.29 is 9.78 Å². The number of amides is 1. The van der Waals surface area contributed by atoms with Crippen molar-refractivity contribution in [3.8, 4) is 0 Å². The first kappa shape index (κ1) is 16.1. The highest BCUT2D eigenvalue weighted by molar-refractivity contribution is 7.18. The van der Waals surface area contributed by atoms with Gasteiger partial charge in [-0.1, -0.05) is 13.3 Å². The summed E-state index contributed by atoms with van der Waals surface area (Å²) in [5.41, 5.74) is 2.50. The summed E-state index contributed by atoms with van der Waals surface area (Å²) in [5, 5.41) is 9.66. The van der Waals surface area contributed by atoms with Gasteiger partial charge in [-0.3, -0.25) is 0 Å². The van der Waals surface area contributed by atoms with Gasteiger partial charge in [-0.2, -0.15) is 5.32 Å². The molecule has 0 aliphatic heterocycles. The number of hydrogen-bond acceptors (Lipinski definition) is 5. The minimum Gasteiger partial charge on any atom is -0.385 e. The van der Waals surface area contributed by atoms with Crippen LogP contribution >= 0.6 is 11.3 Å². The summed E-state index contributed by atoms with van der Waals surface area (Å²) >= 11 is 1.10. The van der Waals surface area contributed by atoms with Crippen LogP contribution in [-0.2, 0) is 0 Å². The Morgan fingerprint density at radius 3 is 2.86 bits per heavy atom. The van der Waals surface area contributed by atoms with Gasteiger partial charge in [-0.25, -0.2) is 9.78 Å². The molecular weight excluding hydrogens is 300 g/mol. The third-order valence-electron chi connectivity index (χ3n) is 3.18. The van der Waals surface area contributed by atoms with Crippen LogP contribution in [0.2, 0.25) is 0 Å². The van der Waals surface area contributed by atoms with E-state index in [1.807, 2.05) is 19.1 Å². The number of carbonyl (C=O) groups is 1. The molecule has 0 saturated heterocycles. The second-order valence-electron chi connectivity index (χ2n) is 4.91. The highest BCUT2D eigenvalue weighted by Crippen LogP contribution is 2.23. The fourth-order valence-electron chi connectivity index (χ4n) is 2.01. The number of anilines is 2.